The molecule has 2 N–H and O–H groups in total. The Morgan fingerprint density at radius 3 is 3.15 bits per heavy atom. The van der Waals surface area contributed by atoms with Crippen LogP contribution < -0.4 is 0 Å². The Kier molecular flexibility index (Phi) is 3.50. The third-order valence-corrected chi connectivity index (χ3v) is 3.93. The first-order valence-corrected chi connectivity index (χ1v) is 6.89. The molecular formula is C14H19N5O. The maximum absolute atomic E-state index is 10.8. The number of aryl methyl sites for hydroxylation is 1. The van der Waals surface area contributed by atoms with Crippen LogP contribution in [-0.2, 0) is 12.1 Å². The number of nitrogens with one attached hydrogen (secondary N) is 1. The molecule has 1 aliphatic rings. The molecular weight excluding hydrogens is 254 g/mol. The van der Waals surface area contributed by atoms with Crippen LogP contribution in [0.5, 0.6) is 0 Å². The lowest BCUT2D eigenvalue weighted by Crippen LogP contribution is -2.46. The molecule has 0 saturated carbocycles. The van der Waals surface area contributed by atoms with E-state index in [1.807, 2.05) is 12.3 Å². The van der Waals surface area contributed by atoms with Crippen LogP contribution in [0.1, 0.15) is 29.8 Å². The number of nitrogens with zero attached hydrogens (tertiary/aromatic N) is 4. The van der Waals surface area contributed by atoms with Gasteiger partial charge in [0.05, 0.1) is 11.9 Å². The van der Waals surface area contributed by atoms with Gasteiger partial charge in [0.1, 0.15) is 11.3 Å². The topological polar surface area (TPSA) is 77.9 Å². The first-order valence-electron chi connectivity index (χ1n) is 6.89. The van der Waals surface area contributed by atoms with Crippen molar-refractivity contribution in [2.24, 2.45) is 0 Å². The zero-order valence-corrected chi connectivity index (χ0v) is 11.6. The predicted octanol–water partition coefficient (Wildman–Crippen LogP) is 0.992. The van der Waals surface area contributed by atoms with Gasteiger partial charge in [-0.15, -0.1) is 0 Å². The maximum Gasteiger partial charge on any atom is 0.123 e. The molecule has 106 valence electrons. The van der Waals surface area contributed by atoms with E-state index in [2.05, 4.69) is 38.3 Å². The minimum atomic E-state index is -0.909. The number of aliphatic hydroxyl groups is 1. The molecule has 3 rings (SSSR count). The number of aromatic nitrogens is 4. The Morgan fingerprint density at radius 1 is 1.50 bits per heavy atom. The summed E-state index contributed by atoms with van der Waals surface area (Å²) >= 11 is 0. The highest BCUT2D eigenvalue weighted by atomic mass is 16.3. The molecule has 0 bridgehead atoms. The quantitative estimate of drug-likeness (QED) is 0.872. The summed E-state index contributed by atoms with van der Waals surface area (Å²) in [5.41, 5.74) is 1.97. The highest BCUT2D eigenvalue weighted by Gasteiger charge is 2.37. The van der Waals surface area contributed by atoms with Crippen LogP contribution in [0.4, 0.5) is 0 Å². The Labute approximate surface area is 117 Å². The molecule has 1 saturated heterocycles. The van der Waals surface area contributed by atoms with Crippen molar-refractivity contribution in [1.29, 1.82) is 0 Å². The molecule has 6 heteroatoms. The van der Waals surface area contributed by atoms with Gasteiger partial charge in [-0.1, -0.05) is 6.07 Å². The highest BCUT2D eigenvalue weighted by Crippen LogP contribution is 2.30. The SMILES string of the molecule is Cc1cccnc1CN1CCCC(O)(c2cn[nH]n2)C1. The summed E-state index contributed by atoms with van der Waals surface area (Å²) in [6, 6.07) is 4.01. The molecule has 1 fully saturated rings. The van der Waals surface area contributed by atoms with Crippen LogP contribution in [-0.4, -0.2) is 43.5 Å². The molecule has 6 nitrogen and oxygen atoms in total. The van der Waals surface area contributed by atoms with Crippen molar-refractivity contribution < 1.29 is 5.11 Å². The van der Waals surface area contributed by atoms with Crippen LogP contribution >= 0.6 is 0 Å². The molecule has 1 aliphatic heterocycles. The zero-order chi connectivity index (χ0) is 14.0. The average Bonchev–Trinajstić information content (AvgIpc) is 2.96. The fourth-order valence-corrected chi connectivity index (χ4v) is 2.79. The van der Waals surface area contributed by atoms with Crippen molar-refractivity contribution in [3.05, 3.63) is 41.5 Å². The third kappa shape index (κ3) is 2.57. The maximum atomic E-state index is 10.8. The van der Waals surface area contributed by atoms with Gasteiger partial charge < -0.3 is 5.11 Å². The molecule has 2 aromatic rings. The van der Waals surface area contributed by atoms with E-state index in [1.165, 1.54) is 5.56 Å². The molecule has 0 aliphatic carbocycles. The van der Waals surface area contributed by atoms with Gasteiger partial charge in [-0.05, 0) is 37.9 Å². The van der Waals surface area contributed by atoms with Gasteiger partial charge in [0.25, 0.3) is 0 Å². The van der Waals surface area contributed by atoms with E-state index >= 15 is 0 Å². The predicted molar refractivity (Wildman–Crippen MR) is 73.8 cm³/mol. The largest absolute Gasteiger partial charge is 0.382 e. The Bertz CT molecular complexity index is 571. The number of hydrogen-bond acceptors (Lipinski definition) is 5. The standard InChI is InChI=1S/C14H19N5O/c1-11-4-2-6-15-12(11)9-19-7-3-5-14(20,10-19)13-8-16-18-17-13/h2,4,6,8,20H,3,5,7,9-10H2,1H3,(H,16,17,18). The van der Waals surface area contributed by atoms with Gasteiger partial charge in [-0.2, -0.15) is 15.4 Å². The summed E-state index contributed by atoms with van der Waals surface area (Å²) in [6.45, 7) is 4.36. The Hall–Kier alpha value is -1.79. The van der Waals surface area contributed by atoms with E-state index in [4.69, 9.17) is 0 Å². The van der Waals surface area contributed by atoms with E-state index in [9.17, 15) is 5.11 Å². The van der Waals surface area contributed by atoms with Crippen molar-refractivity contribution >= 4 is 0 Å². The molecule has 0 aromatic carbocycles. The van der Waals surface area contributed by atoms with Gasteiger partial charge in [0, 0.05) is 19.3 Å². The second-order valence-electron chi connectivity index (χ2n) is 5.47. The Morgan fingerprint density at radius 2 is 2.40 bits per heavy atom. The fourth-order valence-electron chi connectivity index (χ4n) is 2.79. The third-order valence-electron chi connectivity index (χ3n) is 3.93. The fraction of sp³-hybridized carbons (Fsp3) is 0.500. The van der Waals surface area contributed by atoms with Crippen molar-refractivity contribution in [1.82, 2.24) is 25.3 Å². The van der Waals surface area contributed by atoms with Crippen LogP contribution in [0.15, 0.2) is 24.5 Å². The van der Waals surface area contributed by atoms with Crippen molar-refractivity contribution in [3.63, 3.8) is 0 Å². The number of β-amino-alcohol motifs (C(OH)–C–C–N with tert-alkyl or cyclic N) is 1. The van der Waals surface area contributed by atoms with E-state index in [0.717, 1.165) is 31.6 Å². The summed E-state index contributed by atoms with van der Waals surface area (Å²) in [4.78, 5) is 6.66. The first-order chi connectivity index (χ1) is 9.67. The summed E-state index contributed by atoms with van der Waals surface area (Å²) in [6.07, 6.45) is 5.08. The molecule has 0 amide bonds. The van der Waals surface area contributed by atoms with Crippen molar-refractivity contribution in [3.8, 4) is 0 Å². The lowest BCUT2D eigenvalue weighted by atomic mass is 9.90. The average molecular weight is 273 g/mol. The van der Waals surface area contributed by atoms with E-state index in [-0.39, 0.29) is 0 Å². The van der Waals surface area contributed by atoms with Gasteiger partial charge in [-0.25, -0.2) is 0 Å². The molecule has 0 spiro atoms. The number of piperidine rings is 1. The van der Waals surface area contributed by atoms with E-state index in [1.54, 1.807) is 6.20 Å². The van der Waals surface area contributed by atoms with Crippen LogP contribution in [0.3, 0.4) is 0 Å². The minimum Gasteiger partial charge on any atom is -0.382 e. The normalized spacial score (nSPS) is 23.9. The van der Waals surface area contributed by atoms with Gasteiger partial charge in [0.2, 0.25) is 0 Å². The molecule has 2 aromatic heterocycles. The number of hydrogen-bond donors (Lipinski definition) is 2. The minimum absolute atomic E-state index is 0.565. The Balaban J connectivity index is 1.74. The monoisotopic (exact) mass is 273 g/mol. The number of H-pyrrole nitrogens is 1. The second-order valence-corrected chi connectivity index (χ2v) is 5.47. The summed E-state index contributed by atoms with van der Waals surface area (Å²) in [5.74, 6) is 0. The van der Waals surface area contributed by atoms with Gasteiger partial charge in [-0.3, -0.25) is 9.88 Å². The van der Waals surface area contributed by atoms with Crippen LogP contribution in [0.2, 0.25) is 0 Å². The molecule has 0 radical (unpaired) electrons. The van der Waals surface area contributed by atoms with E-state index in [0.29, 0.717) is 12.2 Å². The summed E-state index contributed by atoms with van der Waals surface area (Å²) in [5, 5.41) is 21.2. The zero-order valence-electron chi connectivity index (χ0n) is 11.6. The number of likely N-dealkylation sites (tertiary alicyclic amines) is 1. The van der Waals surface area contributed by atoms with Gasteiger partial charge >= 0.3 is 0 Å². The highest BCUT2D eigenvalue weighted by molar-refractivity contribution is 5.18. The van der Waals surface area contributed by atoms with Crippen molar-refractivity contribution in [2.45, 2.75) is 31.9 Å². The number of aromatic amines is 1. The van der Waals surface area contributed by atoms with Crippen LogP contribution in [0, 0.1) is 6.92 Å². The smallest absolute Gasteiger partial charge is 0.123 e. The lowest BCUT2D eigenvalue weighted by molar-refractivity contribution is -0.0417. The second kappa shape index (κ2) is 5.30. The number of rotatable bonds is 3. The summed E-state index contributed by atoms with van der Waals surface area (Å²) < 4.78 is 0. The lowest BCUT2D eigenvalue weighted by Gasteiger charge is -2.37. The molecule has 20 heavy (non-hydrogen) atoms. The number of pyridine rings is 1. The van der Waals surface area contributed by atoms with Crippen molar-refractivity contribution in [2.75, 3.05) is 13.1 Å². The summed E-state index contributed by atoms with van der Waals surface area (Å²) in [7, 11) is 0. The molecule has 1 unspecified atom stereocenters. The first kappa shape index (κ1) is 13.2. The van der Waals surface area contributed by atoms with Gasteiger partial charge in [0.15, 0.2) is 0 Å². The van der Waals surface area contributed by atoms with E-state index < -0.39 is 5.60 Å². The molecule has 3 heterocycles. The molecule has 1 atom stereocenters. The van der Waals surface area contributed by atoms with Crippen LogP contribution in [0.25, 0.3) is 0 Å².